The predicted octanol–water partition coefficient (Wildman–Crippen LogP) is 3.63. The molecule has 0 amide bonds. The van der Waals surface area contributed by atoms with Crippen LogP contribution in [0.4, 0.5) is 0 Å². The summed E-state index contributed by atoms with van der Waals surface area (Å²) in [5.74, 6) is 1.13. The fraction of sp³-hybridized carbons (Fsp3) is 0.533. The Morgan fingerprint density at radius 1 is 1.18 bits per heavy atom. The van der Waals surface area contributed by atoms with Gasteiger partial charge in [0.25, 0.3) is 0 Å². The summed E-state index contributed by atoms with van der Waals surface area (Å²) >= 11 is 0. The molecule has 0 bridgehead atoms. The Labute approximate surface area is 104 Å². The summed E-state index contributed by atoms with van der Waals surface area (Å²) in [6, 6.07) is 8.00. The highest BCUT2D eigenvalue weighted by Gasteiger charge is 2.10. The first-order valence-corrected chi connectivity index (χ1v) is 6.08. The van der Waals surface area contributed by atoms with Crippen molar-refractivity contribution in [1.29, 1.82) is 0 Å². The van der Waals surface area contributed by atoms with Gasteiger partial charge in [0, 0.05) is 6.42 Å². The Morgan fingerprint density at radius 3 is 2.24 bits per heavy atom. The van der Waals surface area contributed by atoms with Gasteiger partial charge in [0.2, 0.25) is 0 Å². The van der Waals surface area contributed by atoms with Crippen LogP contribution < -0.4 is 4.74 Å². The lowest BCUT2D eigenvalue weighted by molar-refractivity contribution is -0.116. The van der Waals surface area contributed by atoms with E-state index in [0.29, 0.717) is 13.0 Å². The monoisotopic (exact) mass is 234 g/mol. The average molecular weight is 234 g/mol. The zero-order chi connectivity index (χ0) is 12.9. The van der Waals surface area contributed by atoms with Crippen molar-refractivity contribution in [3.05, 3.63) is 29.8 Å². The zero-order valence-electron chi connectivity index (χ0n) is 11.2. The molecular formula is C15H22O2. The molecule has 1 rings (SSSR count). The van der Waals surface area contributed by atoms with Crippen molar-refractivity contribution in [2.75, 3.05) is 6.61 Å². The van der Waals surface area contributed by atoms with E-state index in [9.17, 15) is 4.79 Å². The minimum atomic E-state index is 0.174. The number of benzene rings is 1. The van der Waals surface area contributed by atoms with Crippen molar-refractivity contribution in [3.63, 3.8) is 0 Å². The van der Waals surface area contributed by atoms with Gasteiger partial charge in [-0.2, -0.15) is 0 Å². The van der Waals surface area contributed by atoms with Crippen LogP contribution >= 0.6 is 0 Å². The summed E-state index contributed by atoms with van der Waals surface area (Å²) in [5.41, 5.74) is 1.36. The first-order chi connectivity index (χ1) is 7.87. The molecule has 2 heteroatoms. The largest absolute Gasteiger partial charge is 0.493 e. The number of hydrogen-bond donors (Lipinski definition) is 0. The molecule has 17 heavy (non-hydrogen) atoms. The number of carbonyl (C=O) groups excluding carboxylic acids is 1. The number of ketones is 1. The standard InChI is InChI=1S/C15H22O2/c1-12(16)5-6-13-7-9-14(10-8-13)17-11-15(2,3)4/h7-10H,5-6,11H2,1-4H3. The molecule has 0 spiro atoms. The minimum Gasteiger partial charge on any atom is -0.493 e. The summed E-state index contributed by atoms with van der Waals surface area (Å²) < 4.78 is 5.68. The number of hydrogen-bond acceptors (Lipinski definition) is 2. The van der Waals surface area contributed by atoms with Gasteiger partial charge >= 0.3 is 0 Å². The van der Waals surface area contributed by atoms with Crippen LogP contribution in [0.1, 0.15) is 39.7 Å². The Bertz CT molecular complexity index is 358. The summed E-state index contributed by atoms with van der Waals surface area (Å²) in [4.78, 5) is 10.9. The molecule has 0 fully saturated rings. The molecule has 2 nitrogen and oxygen atoms in total. The third-order valence-corrected chi connectivity index (χ3v) is 2.36. The van der Waals surface area contributed by atoms with Crippen LogP contribution in [-0.4, -0.2) is 12.4 Å². The topological polar surface area (TPSA) is 26.3 Å². The van der Waals surface area contributed by atoms with Crippen LogP contribution in [0.3, 0.4) is 0 Å². The average Bonchev–Trinajstić information content (AvgIpc) is 2.24. The highest BCUT2D eigenvalue weighted by molar-refractivity contribution is 5.75. The minimum absolute atomic E-state index is 0.174. The Hall–Kier alpha value is -1.31. The van der Waals surface area contributed by atoms with Gasteiger partial charge in [0.05, 0.1) is 6.61 Å². The molecule has 0 N–H and O–H groups in total. The third-order valence-electron chi connectivity index (χ3n) is 2.36. The fourth-order valence-electron chi connectivity index (χ4n) is 1.37. The van der Waals surface area contributed by atoms with Crippen molar-refractivity contribution >= 4 is 5.78 Å². The molecule has 0 aliphatic heterocycles. The molecule has 0 aliphatic rings. The number of carbonyl (C=O) groups is 1. The van der Waals surface area contributed by atoms with Gasteiger partial charge in [-0.25, -0.2) is 0 Å². The van der Waals surface area contributed by atoms with Crippen molar-refractivity contribution in [1.82, 2.24) is 0 Å². The van der Waals surface area contributed by atoms with E-state index in [4.69, 9.17) is 4.74 Å². The molecule has 0 unspecified atom stereocenters. The summed E-state index contributed by atoms with van der Waals surface area (Å²) in [6.45, 7) is 8.78. The van der Waals surface area contributed by atoms with Gasteiger partial charge in [0.15, 0.2) is 0 Å². The van der Waals surface area contributed by atoms with E-state index >= 15 is 0 Å². The van der Waals surface area contributed by atoms with E-state index in [2.05, 4.69) is 20.8 Å². The zero-order valence-corrected chi connectivity index (χ0v) is 11.2. The SMILES string of the molecule is CC(=O)CCc1ccc(OCC(C)(C)C)cc1. The van der Waals surface area contributed by atoms with Crippen molar-refractivity contribution < 1.29 is 9.53 Å². The molecule has 94 valence electrons. The fourth-order valence-corrected chi connectivity index (χ4v) is 1.37. The lowest BCUT2D eigenvalue weighted by atomic mass is 9.99. The van der Waals surface area contributed by atoms with Gasteiger partial charge < -0.3 is 9.53 Å². The number of Topliss-reactive ketones (excluding diaryl/α,β-unsaturated/α-hetero) is 1. The van der Waals surface area contributed by atoms with Gasteiger partial charge in [0.1, 0.15) is 11.5 Å². The van der Waals surface area contributed by atoms with E-state index in [1.807, 2.05) is 24.3 Å². The van der Waals surface area contributed by atoms with Crippen LogP contribution in [0.25, 0.3) is 0 Å². The second-order valence-electron chi connectivity index (χ2n) is 5.70. The normalized spacial score (nSPS) is 11.3. The van der Waals surface area contributed by atoms with Crippen molar-refractivity contribution in [2.45, 2.75) is 40.5 Å². The van der Waals surface area contributed by atoms with E-state index < -0.39 is 0 Å². The first-order valence-electron chi connectivity index (χ1n) is 6.08. The van der Waals surface area contributed by atoms with Crippen LogP contribution in [0.5, 0.6) is 5.75 Å². The van der Waals surface area contributed by atoms with E-state index in [1.165, 1.54) is 5.56 Å². The second-order valence-corrected chi connectivity index (χ2v) is 5.70. The Kier molecular flexibility index (Phi) is 4.73. The predicted molar refractivity (Wildman–Crippen MR) is 70.4 cm³/mol. The van der Waals surface area contributed by atoms with Crippen LogP contribution in [0.15, 0.2) is 24.3 Å². The molecule has 0 saturated heterocycles. The molecule has 0 atom stereocenters. The van der Waals surface area contributed by atoms with Crippen molar-refractivity contribution in [3.8, 4) is 5.75 Å². The summed E-state index contributed by atoms with van der Waals surface area (Å²) in [7, 11) is 0. The molecule has 0 saturated carbocycles. The van der Waals surface area contributed by atoms with Crippen LogP contribution in [-0.2, 0) is 11.2 Å². The maximum absolute atomic E-state index is 10.9. The Balaban J connectivity index is 2.47. The highest BCUT2D eigenvalue weighted by Crippen LogP contribution is 2.18. The van der Waals surface area contributed by atoms with Gasteiger partial charge in [-0.05, 0) is 36.5 Å². The molecule has 0 radical (unpaired) electrons. The molecule has 1 aromatic carbocycles. The lowest BCUT2D eigenvalue weighted by Crippen LogP contribution is -2.16. The number of ether oxygens (including phenoxy) is 1. The molecule has 0 aromatic heterocycles. The first kappa shape index (κ1) is 13.8. The molecule has 0 heterocycles. The van der Waals surface area contributed by atoms with E-state index in [1.54, 1.807) is 6.92 Å². The number of rotatable bonds is 5. The summed E-state index contributed by atoms with van der Waals surface area (Å²) in [6.07, 6.45) is 1.43. The molecule has 0 aliphatic carbocycles. The second kappa shape index (κ2) is 5.85. The molecular weight excluding hydrogens is 212 g/mol. The summed E-state index contributed by atoms with van der Waals surface area (Å²) in [5, 5.41) is 0. The van der Waals surface area contributed by atoms with Crippen LogP contribution in [0.2, 0.25) is 0 Å². The van der Waals surface area contributed by atoms with Gasteiger partial charge in [-0.3, -0.25) is 0 Å². The van der Waals surface area contributed by atoms with Crippen LogP contribution in [0, 0.1) is 5.41 Å². The smallest absolute Gasteiger partial charge is 0.130 e. The van der Waals surface area contributed by atoms with Gasteiger partial charge in [-0.15, -0.1) is 0 Å². The Morgan fingerprint density at radius 2 is 1.76 bits per heavy atom. The quantitative estimate of drug-likeness (QED) is 0.777. The lowest BCUT2D eigenvalue weighted by Gasteiger charge is -2.18. The van der Waals surface area contributed by atoms with Gasteiger partial charge in [-0.1, -0.05) is 32.9 Å². The molecule has 1 aromatic rings. The maximum Gasteiger partial charge on any atom is 0.130 e. The maximum atomic E-state index is 10.9. The van der Waals surface area contributed by atoms with E-state index in [0.717, 1.165) is 12.2 Å². The number of aryl methyl sites for hydroxylation is 1. The third kappa shape index (κ3) is 6.10. The van der Waals surface area contributed by atoms with E-state index in [-0.39, 0.29) is 11.2 Å². The highest BCUT2D eigenvalue weighted by atomic mass is 16.5. The van der Waals surface area contributed by atoms with Crippen molar-refractivity contribution in [2.24, 2.45) is 5.41 Å².